The van der Waals surface area contributed by atoms with Crippen LogP contribution in [0, 0.1) is 0 Å². The van der Waals surface area contributed by atoms with Crippen LogP contribution >= 0.6 is 0 Å². The van der Waals surface area contributed by atoms with Crippen LogP contribution in [-0.4, -0.2) is 53.8 Å². The van der Waals surface area contributed by atoms with Crippen LogP contribution in [0.2, 0.25) is 0 Å². The van der Waals surface area contributed by atoms with Crippen molar-refractivity contribution in [1.29, 1.82) is 0 Å². The Hall–Kier alpha value is -1.25. The van der Waals surface area contributed by atoms with Crippen LogP contribution < -0.4 is 0 Å². The smallest absolute Gasteiger partial charge is 0.382 e. The molecule has 0 fully saturated rings. The van der Waals surface area contributed by atoms with Crippen molar-refractivity contribution in [1.82, 2.24) is 4.90 Å². The first-order valence-corrected chi connectivity index (χ1v) is 4.89. The van der Waals surface area contributed by atoms with E-state index < -0.39 is 30.7 Å². The number of hydrogen-bond acceptors (Lipinski definition) is 3. The number of hydrogen-bond donors (Lipinski definition) is 1. The SMILES string of the molecule is O[C@@H](CN1C=CC(C(F)(F)F)=NCC1)C(F)(F)F. The van der Waals surface area contributed by atoms with Crippen molar-refractivity contribution in [2.24, 2.45) is 4.99 Å². The summed E-state index contributed by atoms with van der Waals surface area (Å²) >= 11 is 0. The molecule has 0 aromatic rings. The number of nitrogens with zero attached hydrogens (tertiary/aromatic N) is 2. The van der Waals surface area contributed by atoms with Gasteiger partial charge >= 0.3 is 12.4 Å². The van der Waals surface area contributed by atoms with Gasteiger partial charge in [0.05, 0.1) is 13.1 Å². The zero-order chi connectivity index (χ0) is 14.0. The van der Waals surface area contributed by atoms with Gasteiger partial charge in [-0.1, -0.05) is 0 Å². The van der Waals surface area contributed by atoms with Crippen molar-refractivity contribution in [3.63, 3.8) is 0 Å². The van der Waals surface area contributed by atoms with Crippen molar-refractivity contribution in [3.8, 4) is 0 Å². The predicted octanol–water partition coefficient (Wildman–Crippen LogP) is 1.74. The highest BCUT2D eigenvalue weighted by Crippen LogP contribution is 2.22. The van der Waals surface area contributed by atoms with Crippen LogP contribution in [0.1, 0.15) is 0 Å². The quantitative estimate of drug-likeness (QED) is 0.780. The van der Waals surface area contributed by atoms with E-state index in [4.69, 9.17) is 5.11 Å². The summed E-state index contributed by atoms with van der Waals surface area (Å²) in [5.41, 5.74) is -1.15. The molecule has 18 heavy (non-hydrogen) atoms. The Balaban J connectivity index is 2.65. The molecule has 9 heteroatoms. The second-order valence-corrected chi connectivity index (χ2v) is 3.63. The molecule has 0 aromatic heterocycles. The van der Waals surface area contributed by atoms with Crippen molar-refractivity contribution in [3.05, 3.63) is 12.3 Å². The molecule has 0 spiro atoms. The van der Waals surface area contributed by atoms with E-state index in [1.165, 1.54) is 0 Å². The lowest BCUT2D eigenvalue weighted by atomic mass is 10.3. The molecule has 0 saturated carbocycles. The van der Waals surface area contributed by atoms with Gasteiger partial charge in [0, 0.05) is 12.7 Å². The highest BCUT2D eigenvalue weighted by molar-refractivity contribution is 5.99. The van der Waals surface area contributed by atoms with Gasteiger partial charge in [-0.15, -0.1) is 0 Å². The minimum atomic E-state index is -4.80. The summed E-state index contributed by atoms with van der Waals surface area (Å²) in [4.78, 5) is 4.16. The predicted molar refractivity (Wildman–Crippen MR) is 51.1 cm³/mol. The van der Waals surface area contributed by atoms with E-state index in [1.54, 1.807) is 0 Å². The van der Waals surface area contributed by atoms with E-state index >= 15 is 0 Å². The van der Waals surface area contributed by atoms with Gasteiger partial charge in [0.25, 0.3) is 0 Å². The Labute approximate surface area is 98.4 Å². The van der Waals surface area contributed by atoms with Crippen LogP contribution in [0.5, 0.6) is 0 Å². The number of aliphatic hydroxyl groups is 1. The lowest BCUT2D eigenvalue weighted by molar-refractivity contribution is -0.206. The minimum Gasteiger partial charge on any atom is -0.382 e. The molecule has 1 atom stereocenters. The lowest BCUT2D eigenvalue weighted by Crippen LogP contribution is -2.39. The second kappa shape index (κ2) is 5.17. The van der Waals surface area contributed by atoms with Crippen LogP contribution in [0.3, 0.4) is 0 Å². The Kier molecular flexibility index (Phi) is 4.25. The fourth-order valence-corrected chi connectivity index (χ4v) is 1.26. The molecule has 104 valence electrons. The maximum Gasteiger partial charge on any atom is 0.432 e. The highest BCUT2D eigenvalue weighted by atomic mass is 19.4. The van der Waals surface area contributed by atoms with Crippen molar-refractivity contribution >= 4 is 5.71 Å². The minimum absolute atomic E-state index is 0.122. The van der Waals surface area contributed by atoms with Gasteiger partial charge in [0.1, 0.15) is 5.71 Å². The van der Waals surface area contributed by atoms with Crippen LogP contribution in [0.15, 0.2) is 17.3 Å². The van der Waals surface area contributed by atoms with Gasteiger partial charge in [-0.3, -0.25) is 4.99 Å². The maximum atomic E-state index is 12.3. The van der Waals surface area contributed by atoms with E-state index in [0.29, 0.717) is 6.08 Å². The first kappa shape index (κ1) is 14.8. The first-order chi connectivity index (χ1) is 8.10. The number of aliphatic hydroxyl groups excluding tert-OH is 1. The summed E-state index contributed by atoms with van der Waals surface area (Å²) in [5.74, 6) is 0. The van der Waals surface area contributed by atoms with Gasteiger partial charge in [0.2, 0.25) is 0 Å². The average molecular weight is 276 g/mol. The van der Waals surface area contributed by atoms with Gasteiger partial charge < -0.3 is 10.0 Å². The number of allylic oxidation sites excluding steroid dienone is 1. The Bertz CT molecular complexity index is 346. The summed E-state index contributed by atoms with van der Waals surface area (Å²) in [6.07, 6.45) is -10.6. The number of rotatable bonds is 2. The van der Waals surface area contributed by atoms with Gasteiger partial charge in [0.15, 0.2) is 6.10 Å². The number of halogens is 6. The highest BCUT2D eigenvalue weighted by Gasteiger charge is 2.39. The largest absolute Gasteiger partial charge is 0.432 e. The van der Waals surface area contributed by atoms with E-state index in [1.807, 2.05) is 0 Å². The Morgan fingerprint density at radius 2 is 1.89 bits per heavy atom. The summed E-state index contributed by atoms with van der Waals surface area (Å²) in [5, 5.41) is 8.80. The third-order valence-electron chi connectivity index (χ3n) is 2.19. The molecule has 1 aliphatic rings. The Morgan fingerprint density at radius 3 is 2.39 bits per heavy atom. The molecule has 0 bridgehead atoms. The fourth-order valence-electron chi connectivity index (χ4n) is 1.26. The van der Waals surface area contributed by atoms with Gasteiger partial charge in [-0.2, -0.15) is 26.3 Å². The molecular formula is C9H10F6N2O. The van der Waals surface area contributed by atoms with E-state index in [0.717, 1.165) is 11.1 Å². The molecule has 3 nitrogen and oxygen atoms in total. The maximum absolute atomic E-state index is 12.3. The molecule has 1 aliphatic heterocycles. The van der Waals surface area contributed by atoms with Gasteiger partial charge in [-0.05, 0) is 6.08 Å². The van der Waals surface area contributed by atoms with Crippen LogP contribution in [0.4, 0.5) is 26.3 Å². The molecule has 1 rings (SSSR count). The topological polar surface area (TPSA) is 35.8 Å². The third-order valence-corrected chi connectivity index (χ3v) is 2.19. The molecular weight excluding hydrogens is 266 g/mol. The zero-order valence-corrected chi connectivity index (χ0v) is 8.96. The van der Waals surface area contributed by atoms with Crippen molar-refractivity contribution in [2.45, 2.75) is 18.5 Å². The fraction of sp³-hybridized carbons (Fsp3) is 0.667. The lowest BCUT2D eigenvalue weighted by Gasteiger charge is -2.23. The van der Waals surface area contributed by atoms with Gasteiger partial charge in [-0.25, -0.2) is 0 Å². The molecule has 0 saturated heterocycles. The third kappa shape index (κ3) is 4.21. The average Bonchev–Trinajstić information content (AvgIpc) is 2.40. The number of alkyl halides is 6. The summed E-state index contributed by atoms with van der Waals surface area (Å²) in [6, 6.07) is 0. The van der Waals surface area contributed by atoms with E-state index in [9.17, 15) is 26.3 Å². The standard InChI is InChI=1S/C9H10F6N2O/c10-8(11,12)6-1-3-17(4-2-16-6)5-7(18)9(13,14)15/h1,3,7,18H,2,4-5H2/t7-/m0/s1. The van der Waals surface area contributed by atoms with Crippen LogP contribution in [-0.2, 0) is 0 Å². The molecule has 0 radical (unpaired) electrons. The summed E-state index contributed by atoms with van der Waals surface area (Å²) in [7, 11) is 0. The summed E-state index contributed by atoms with van der Waals surface area (Å²) in [6.45, 7) is -1.23. The van der Waals surface area contributed by atoms with Crippen molar-refractivity contribution < 1.29 is 31.4 Å². The van der Waals surface area contributed by atoms with E-state index in [2.05, 4.69) is 4.99 Å². The molecule has 0 unspecified atom stereocenters. The number of β-amino-alcohol motifs (C(OH)–C–C–N with tert-alkyl or cyclic N) is 1. The Morgan fingerprint density at radius 1 is 1.28 bits per heavy atom. The van der Waals surface area contributed by atoms with Crippen molar-refractivity contribution in [2.75, 3.05) is 19.6 Å². The molecule has 0 aliphatic carbocycles. The van der Waals surface area contributed by atoms with E-state index in [-0.39, 0.29) is 13.1 Å². The normalized spacial score (nSPS) is 19.5. The summed E-state index contributed by atoms with van der Waals surface area (Å²) < 4.78 is 73.0. The number of aliphatic imine (C=N–C) groups is 1. The molecule has 0 amide bonds. The second-order valence-electron chi connectivity index (χ2n) is 3.63. The monoisotopic (exact) mass is 276 g/mol. The first-order valence-electron chi connectivity index (χ1n) is 4.89. The van der Waals surface area contributed by atoms with Crippen LogP contribution in [0.25, 0.3) is 0 Å². The molecule has 0 aromatic carbocycles. The molecule has 1 N–H and O–H groups in total. The zero-order valence-electron chi connectivity index (χ0n) is 8.96. The molecule has 1 heterocycles.